The average Bonchev–Trinajstić information content (AvgIpc) is 2.72. The number of aromatic nitrogens is 2. The lowest BCUT2D eigenvalue weighted by Gasteiger charge is -2.06. The number of benzene rings is 1. The molecular weight excluding hydrogens is 294 g/mol. The van der Waals surface area contributed by atoms with E-state index in [2.05, 4.69) is 21.0 Å². The number of hydrogen-bond acceptors (Lipinski definition) is 3. The van der Waals surface area contributed by atoms with Gasteiger partial charge in [-0.25, -0.2) is 0 Å². The summed E-state index contributed by atoms with van der Waals surface area (Å²) in [5.74, 6) is 0.862. The minimum Gasteiger partial charge on any atom is -0.492 e. The molecule has 5 heteroatoms. The van der Waals surface area contributed by atoms with Crippen LogP contribution in [0, 0.1) is 6.92 Å². The second kappa shape index (κ2) is 6.02. The van der Waals surface area contributed by atoms with Crippen LogP contribution in [-0.2, 0) is 13.1 Å². The van der Waals surface area contributed by atoms with E-state index in [1.807, 2.05) is 42.1 Å². The fourth-order valence-corrected chi connectivity index (χ4v) is 1.93. The van der Waals surface area contributed by atoms with Gasteiger partial charge in [-0.05, 0) is 31.2 Å². The summed E-state index contributed by atoms with van der Waals surface area (Å²) in [6, 6.07) is 7.79. The zero-order valence-corrected chi connectivity index (χ0v) is 11.9. The average molecular weight is 310 g/mol. The Balaban J connectivity index is 1.86. The van der Waals surface area contributed by atoms with Gasteiger partial charge < -0.3 is 10.5 Å². The Morgan fingerprint density at radius 1 is 1.33 bits per heavy atom. The second-order valence-electron chi connectivity index (χ2n) is 4.01. The number of halogens is 1. The summed E-state index contributed by atoms with van der Waals surface area (Å²) in [6.07, 6.45) is 1.97. The van der Waals surface area contributed by atoms with Crippen LogP contribution < -0.4 is 10.5 Å². The number of ether oxygens (including phenoxy) is 1. The highest BCUT2D eigenvalue weighted by molar-refractivity contribution is 9.10. The smallest absolute Gasteiger partial charge is 0.119 e. The Hall–Kier alpha value is -1.33. The lowest BCUT2D eigenvalue weighted by molar-refractivity contribution is 0.291. The predicted molar refractivity (Wildman–Crippen MR) is 74.5 cm³/mol. The first-order chi connectivity index (χ1) is 8.69. The van der Waals surface area contributed by atoms with Crippen LogP contribution in [0.3, 0.4) is 0 Å². The van der Waals surface area contributed by atoms with E-state index in [-0.39, 0.29) is 0 Å². The highest BCUT2D eigenvalue weighted by Crippen LogP contribution is 2.16. The molecule has 0 aliphatic carbocycles. The van der Waals surface area contributed by atoms with Crippen molar-refractivity contribution >= 4 is 15.9 Å². The summed E-state index contributed by atoms with van der Waals surface area (Å²) in [7, 11) is 0. The fraction of sp³-hybridized carbons (Fsp3) is 0.308. The van der Waals surface area contributed by atoms with Gasteiger partial charge in [0, 0.05) is 22.8 Å². The maximum atomic E-state index is 5.63. The van der Waals surface area contributed by atoms with Crippen LogP contribution in [0.5, 0.6) is 5.75 Å². The first-order valence-corrected chi connectivity index (χ1v) is 6.59. The molecule has 0 saturated carbocycles. The highest BCUT2D eigenvalue weighted by Gasteiger charge is 2.02. The molecule has 0 unspecified atom stereocenters. The normalized spacial score (nSPS) is 10.6. The summed E-state index contributed by atoms with van der Waals surface area (Å²) in [4.78, 5) is 0. The van der Waals surface area contributed by atoms with Gasteiger partial charge in [-0.3, -0.25) is 4.68 Å². The zero-order valence-electron chi connectivity index (χ0n) is 10.3. The Bertz CT molecular complexity index is 507. The van der Waals surface area contributed by atoms with Crippen LogP contribution >= 0.6 is 15.9 Å². The topological polar surface area (TPSA) is 53.1 Å². The van der Waals surface area contributed by atoms with E-state index in [1.165, 1.54) is 0 Å². The molecule has 0 spiro atoms. The Labute approximate surface area is 115 Å². The summed E-state index contributed by atoms with van der Waals surface area (Å²) < 4.78 is 8.55. The van der Waals surface area contributed by atoms with Gasteiger partial charge in [-0.2, -0.15) is 5.10 Å². The van der Waals surface area contributed by atoms with E-state index in [1.54, 1.807) is 0 Å². The van der Waals surface area contributed by atoms with Gasteiger partial charge in [0.1, 0.15) is 12.4 Å². The Morgan fingerprint density at radius 2 is 2.06 bits per heavy atom. The minimum atomic E-state index is 0.527. The molecule has 0 radical (unpaired) electrons. The van der Waals surface area contributed by atoms with Crippen LogP contribution in [0.25, 0.3) is 0 Å². The van der Waals surface area contributed by atoms with Gasteiger partial charge >= 0.3 is 0 Å². The van der Waals surface area contributed by atoms with E-state index in [0.29, 0.717) is 13.2 Å². The number of rotatable bonds is 5. The van der Waals surface area contributed by atoms with Gasteiger partial charge in [0.15, 0.2) is 0 Å². The van der Waals surface area contributed by atoms with Crippen molar-refractivity contribution in [1.29, 1.82) is 0 Å². The first kappa shape index (κ1) is 13.1. The minimum absolute atomic E-state index is 0.527. The van der Waals surface area contributed by atoms with Crippen molar-refractivity contribution in [2.45, 2.75) is 20.0 Å². The lowest BCUT2D eigenvalue weighted by Crippen LogP contribution is -2.08. The summed E-state index contributed by atoms with van der Waals surface area (Å²) >= 11 is 3.39. The zero-order chi connectivity index (χ0) is 13.0. The van der Waals surface area contributed by atoms with Crippen molar-refractivity contribution in [3.63, 3.8) is 0 Å². The molecule has 2 rings (SSSR count). The highest BCUT2D eigenvalue weighted by atomic mass is 79.9. The summed E-state index contributed by atoms with van der Waals surface area (Å²) in [6.45, 7) is 3.80. The summed E-state index contributed by atoms with van der Waals surface area (Å²) in [5.41, 5.74) is 7.68. The molecule has 0 aliphatic heterocycles. The van der Waals surface area contributed by atoms with Gasteiger partial charge in [-0.1, -0.05) is 15.9 Å². The lowest BCUT2D eigenvalue weighted by atomic mass is 10.3. The van der Waals surface area contributed by atoms with E-state index in [4.69, 9.17) is 10.5 Å². The summed E-state index contributed by atoms with van der Waals surface area (Å²) in [5, 5.41) is 4.38. The molecule has 18 heavy (non-hydrogen) atoms. The number of nitrogens with zero attached hydrogens (tertiary/aromatic N) is 2. The van der Waals surface area contributed by atoms with Crippen molar-refractivity contribution in [1.82, 2.24) is 9.78 Å². The molecule has 4 nitrogen and oxygen atoms in total. The van der Waals surface area contributed by atoms with Crippen LogP contribution in [-0.4, -0.2) is 16.4 Å². The third-order valence-electron chi connectivity index (χ3n) is 2.67. The molecular formula is C13H16BrN3O. The fourth-order valence-electron chi connectivity index (χ4n) is 1.66. The van der Waals surface area contributed by atoms with Crippen LogP contribution in [0.2, 0.25) is 0 Å². The predicted octanol–water partition coefficient (Wildman–Crippen LogP) is 2.49. The van der Waals surface area contributed by atoms with Crippen LogP contribution in [0.15, 0.2) is 34.9 Å². The van der Waals surface area contributed by atoms with Crippen molar-refractivity contribution in [3.05, 3.63) is 46.2 Å². The molecule has 2 aromatic rings. The van der Waals surface area contributed by atoms with E-state index < -0.39 is 0 Å². The Kier molecular flexibility index (Phi) is 4.38. The van der Waals surface area contributed by atoms with Crippen molar-refractivity contribution in [2.24, 2.45) is 5.73 Å². The number of hydrogen-bond donors (Lipinski definition) is 1. The van der Waals surface area contributed by atoms with E-state index in [0.717, 1.165) is 28.0 Å². The molecule has 96 valence electrons. The largest absolute Gasteiger partial charge is 0.492 e. The molecule has 0 amide bonds. The van der Waals surface area contributed by atoms with Gasteiger partial charge in [0.25, 0.3) is 0 Å². The van der Waals surface area contributed by atoms with Gasteiger partial charge in [-0.15, -0.1) is 0 Å². The third kappa shape index (κ3) is 3.34. The SMILES string of the molecule is Cc1nn(CCOc2ccc(Br)cc2)cc1CN. The first-order valence-electron chi connectivity index (χ1n) is 5.80. The second-order valence-corrected chi connectivity index (χ2v) is 4.93. The molecule has 0 aliphatic rings. The standard InChI is InChI=1S/C13H16BrN3O/c1-10-11(8-15)9-17(16-10)6-7-18-13-4-2-12(14)3-5-13/h2-5,9H,6-8,15H2,1H3. The number of nitrogens with two attached hydrogens (primary N) is 1. The van der Waals surface area contributed by atoms with Crippen molar-refractivity contribution in [3.8, 4) is 5.75 Å². The Morgan fingerprint density at radius 3 is 2.67 bits per heavy atom. The maximum absolute atomic E-state index is 5.63. The van der Waals surface area contributed by atoms with Gasteiger partial charge in [0.05, 0.1) is 12.2 Å². The van der Waals surface area contributed by atoms with E-state index >= 15 is 0 Å². The molecule has 0 fully saturated rings. The molecule has 2 N–H and O–H groups in total. The monoisotopic (exact) mass is 309 g/mol. The molecule has 1 heterocycles. The third-order valence-corrected chi connectivity index (χ3v) is 3.20. The van der Waals surface area contributed by atoms with Gasteiger partial charge in [0.2, 0.25) is 0 Å². The quantitative estimate of drug-likeness (QED) is 0.923. The van der Waals surface area contributed by atoms with Crippen molar-refractivity contribution in [2.75, 3.05) is 6.61 Å². The van der Waals surface area contributed by atoms with E-state index in [9.17, 15) is 0 Å². The molecule has 0 saturated heterocycles. The van der Waals surface area contributed by atoms with Crippen molar-refractivity contribution < 1.29 is 4.74 Å². The molecule has 1 aromatic carbocycles. The molecule has 0 atom stereocenters. The number of aryl methyl sites for hydroxylation is 1. The van der Waals surface area contributed by atoms with Crippen LogP contribution in [0.1, 0.15) is 11.3 Å². The maximum Gasteiger partial charge on any atom is 0.119 e. The molecule has 1 aromatic heterocycles. The molecule has 0 bridgehead atoms. The van der Waals surface area contributed by atoms with Crippen LogP contribution in [0.4, 0.5) is 0 Å².